The predicted octanol–water partition coefficient (Wildman–Crippen LogP) is 4.64. The molecule has 0 saturated carbocycles. The SMILES string of the molecule is O=C(Cc1ccccc1)N(CC(=O)N1CCc2sccc2[C@@H]1COc1ccc(F)cc1)C[C@@H]1CCCO1. The van der Waals surface area contributed by atoms with E-state index < -0.39 is 0 Å². The van der Waals surface area contributed by atoms with Crippen LogP contribution in [0.4, 0.5) is 4.39 Å². The Hall–Kier alpha value is -3.23. The van der Waals surface area contributed by atoms with Crippen LogP contribution >= 0.6 is 11.3 Å². The van der Waals surface area contributed by atoms with Crippen LogP contribution < -0.4 is 4.74 Å². The van der Waals surface area contributed by atoms with Crippen LogP contribution in [-0.4, -0.2) is 60.6 Å². The van der Waals surface area contributed by atoms with Crippen molar-refractivity contribution in [1.82, 2.24) is 9.80 Å². The summed E-state index contributed by atoms with van der Waals surface area (Å²) in [5, 5.41) is 2.04. The second-order valence-corrected chi connectivity index (χ2v) is 10.5. The Morgan fingerprint density at radius 1 is 1.11 bits per heavy atom. The number of ether oxygens (including phenoxy) is 2. The molecule has 2 amide bonds. The number of halogens is 1. The summed E-state index contributed by atoms with van der Waals surface area (Å²) in [6, 6.07) is 17.3. The van der Waals surface area contributed by atoms with E-state index in [-0.39, 0.29) is 49.3 Å². The van der Waals surface area contributed by atoms with Gasteiger partial charge in [0, 0.05) is 24.6 Å². The van der Waals surface area contributed by atoms with Crippen LogP contribution in [-0.2, 0) is 27.2 Å². The number of benzene rings is 2. The van der Waals surface area contributed by atoms with E-state index in [1.165, 1.54) is 17.0 Å². The van der Waals surface area contributed by atoms with E-state index in [1.54, 1.807) is 28.4 Å². The van der Waals surface area contributed by atoms with Gasteiger partial charge in [-0.25, -0.2) is 4.39 Å². The minimum Gasteiger partial charge on any atom is -0.491 e. The van der Waals surface area contributed by atoms with E-state index in [1.807, 2.05) is 46.7 Å². The Balaban J connectivity index is 1.31. The van der Waals surface area contributed by atoms with Gasteiger partial charge in [-0.05, 0) is 66.1 Å². The number of hydrogen-bond acceptors (Lipinski definition) is 5. The summed E-state index contributed by atoms with van der Waals surface area (Å²) in [5.74, 6) is 0.0361. The van der Waals surface area contributed by atoms with Gasteiger partial charge in [-0.2, -0.15) is 0 Å². The van der Waals surface area contributed by atoms with Gasteiger partial charge in [0.1, 0.15) is 18.2 Å². The average Bonchev–Trinajstić information content (AvgIpc) is 3.60. The molecule has 1 aromatic heterocycles. The summed E-state index contributed by atoms with van der Waals surface area (Å²) in [5.41, 5.74) is 2.00. The highest BCUT2D eigenvalue weighted by Gasteiger charge is 2.34. The molecule has 2 aromatic carbocycles. The third-order valence-corrected chi connectivity index (χ3v) is 7.96. The molecule has 3 aromatic rings. The van der Waals surface area contributed by atoms with E-state index in [9.17, 15) is 14.0 Å². The van der Waals surface area contributed by atoms with Crippen molar-refractivity contribution in [1.29, 1.82) is 0 Å². The molecule has 194 valence electrons. The quantitative estimate of drug-likeness (QED) is 0.411. The van der Waals surface area contributed by atoms with Gasteiger partial charge in [-0.15, -0.1) is 11.3 Å². The summed E-state index contributed by atoms with van der Waals surface area (Å²) in [4.78, 5) is 31.8. The molecule has 3 heterocycles. The molecule has 8 heteroatoms. The summed E-state index contributed by atoms with van der Waals surface area (Å²) in [6.07, 6.45) is 2.83. The smallest absolute Gasteiger partial charge is 0.242 e. The van der Waals surface area contributed by atoms with Gasteiger partial charge in [-0.1, -0.05) is 30.3 Å². The fraction of sp³-hybridized carbons (Fsp3) is 0.379. The second kappa shape index (κ2) is 11.9. The van der Waals surface area contributed by atoms with Crippen molar-refractivity contribution in [3.63, 3.8) is 0 Å². The van der Waals surface area contributed by atoms with Crippen molar-refractivity contribution in [2.75, 3.05) is 32.8 Å². The largest absolute Gasteiger partial charge is 0.491 e. The minimum absolute atomic E-state index is 0.00194. The van der Waals surface area contributed by atoms with Crippen LogP contribution in [0.5, 0.6) is 5.75 Å². The fourth-order valence-electron chi connectivity index (χ4n) is 5.01. The second-order valence-electron chi connectivity index (χ2n) is 9.49. The van der Waals surface area contributed by atoms with Crippen molar-refractivity contribution in [3.8, 4) is 5.75 Å². The van der Waals surface area contributed by atoms with Gasteiger partial charge in [0.05, 0.1) is 25.1 Å². The lowest BCUT2D eigenvalue weighted by atomic mass is 10.00. The Bertz CT molecular complexity index is 1190. The molecule has 0 bridgehead atoms. The van der Waals surface area contributed by atoms with Crippen LogP contribution in [0.15, 0.2) is 66.0 Å². The molecule has 2 aliphatic heterocycles. The van der Waals surface area contributed by atoms with E-state index in [0.29, 0.717) is 25.4 Å². The lowest BCUT2D eigenvalue weighted by Gasteiger charge is -2.37. The maximum Gasteiger partial charge on any atom is 0.242 e. The number of rotatable bonds is 9. The average molecular weight is 523 g/mol. The highest BCUT2D eigenvalue weighted by Crippen LogP contribution is 2.34. The molecular weight excluding hydrogens is 491 g/mol. The van der Waals surface area contributed by atoms with Crippen molar-refractivity contribution >= 4 is 23.2 Å². The van der Waals surface area contributed by atoms with Gasteiger partial charge in [-0.3, -0.25) is 9.59 Å². The first-order valence-electron chi connectivity index (χ1n) is 12.7. The zero-order valence-electron chi connectivity index (χ0n) is 20.7. The molecule has 2 aliphatic rings. The third-order valence-electron chi connectivity index (χ3n) is 6.96. The standard InChI is InChI=1S/C29H31FN2O4S/c30-22-8-10-23(11-9-22)36-20-26-25-13-16-37-27(25)12-14-32(26)29(34)19-31(18-24-7-4-15-35-24)28(33)17-21-5-2-1-3-6-21/h1-3,5-6,8-11,13,16,24,26H,4,7,12,14-15,17-20H2/t24-,26-/m0/s1. The highest BCUT2D eigenvalue weighted by molar-refractivity contribution is 7.10. The molecule has 0 radical (unpaired) electrons. The first kappa shape index (κ1) is 25.4. The summed E-state index contributed by atoms with van der Waals surface area (Å²) >= 11 is 1.68. The lowest BCUT2D eigenvalue weighted by Crippen LogP contribution is -2.49. The van der Waals surface area contributed by atoms with Gasteiger partial charge in [0.25, 0.3) is 0 Å². The first-order chi connectivity index (χ1) is 18.1. The van der Waals surface area contributed by atoms with Crippen molar-refractivity contribution in [2.24, 2.45) is 0 Å². The first-order valence-corrected chi connectivity index (χ1v) is 13.6. The van der Waals surface area contributed by atoms with E-state index in [0.717, 1.165) is 30.4 Å². The Morgan fingerprint density at radius 2 is 1.92 bits per heavy atom. The summed E-state index contributed by atoms with van der Waals surface area (Å²) in [7, 11) is 0. The molecule has 0 spiro atoms. The minimum atomic E-state index is -0.326. The van der Waals surface area contributed by atoms with Crippen LogP contribution in [0.3, 0.4) is 0 Å². The number of thiophene rings is 1. The number of hydrogen-bond donors (Lipinski definition) is 0. The molecule has 0 aliphatic carbocycles. The Kier molecular flexibility index (Phi) is 8.16. The number of carbonyl (C=O) groups excluding carboxylic acids is 2. The summed E-state index contributed by atoms with van der Waals surface area (Å²) in [6.45, 7) is 1.91. The zero-order chi connectivity index (χ0) is 25.6. The number of fused-ring (bicyclic) bond motifs is 1. The van der Waals surface area contributed by atoms with Crippen molar-refractivity contribution in [3.05, 3.63) is 87.9 Å². The van der Waals surface area contributed by atoms with Crippen molar-refractivity contribution < 1.29 is 23.5 Å². The lowest BCUT2D eigenvalue weighted by molar-refractivity contribution is -0.143. The number of nitrogens with zero attached hydrogens (tertiary/aromatic N) is 2. The Morgan fingerprint density at radius 3 is 2.68 bits per heavy atom. The maximum absolute atomic E-state index is 13.7. The molecule has 1 fully saturated rings. The molecule has 6 nitrogen and oxygen atoms in total. The third kappa shape index (κ3) is 6.37. The Labute approximate surface area is 220 Å². The van der Waals surface area contributed by atoms with Crippen LogP contribution in [0.2, 0.25) is 0 Å². The predicted molar refractivity (Wildman–Crippen MR) is 140 cm³/mol. The highest BCUT2D eigenvalue weighted by atomic mass is 32.1. The maximum atomic E-state index is 13.7. The molecule has 0 unspecified atom stereocenters. The topological polar surface area (TPSA) is 59.1 Å². The molecule has 1 saturated heterocycles. The normalized spacial score (nSPS) is 18.9. The molecule has 2 atom stereocenters. The number of amides is 2. The zero-order valence-corrected chi connectivity index (χ0v) is 21.5. The van der Waals surface area contributed by atoms with E-state index >= 15 is 0 Å². The van der Waals surface area contributed by atoms with Gasteiger partial charge >= 0.3 is 0 Å². The van der Waals surface area contributed by atoms with Crippen LogP contribution in [0.25, 0.3) is 0 Å². The van der Waals surface area contributed by atoms with Crippen molar-refractivity contribution in [2.45, 2.75) is 37.8 Å². The molecule has 5 rings (SSSR count). The fourth-order valence-corrected chi connectivity index (χ4v) is 5.93. The van der Waals surface area contributed by atoms with Gasteiger partial charge < -0.3 is 19.3 Å². The van der Waals surface area contributed by atoms with Crippen LogP contribution in [0, 0.1) is 5.82 Å². The summed E-state index contributed by atoms with van der Waals surface area (Å²) < 4.78 is 25.1. The number of carbonyl (C=O) groups is 2. The molecule has 37 heavy (non-hydrogen) atoms. The van der Waals surface area contributed by atoms with Gasteiger partial charge in [0.15, 0.2) is 0 Å². The molecular formula is C29H31FN2O4S. The molecule has 0 N–H and O–H groups in total. The van der Waals surface area contributed by atoms with Crippen LogP contribution in [0.1, 0.15) is 34.9 Å². The van der Waals surface area contributed by atoms with E-state index in [2.05, 4.69) is 0 Å². The van der Waals surface area contributed by atoms with Gasteiger partial charge in [0.2, 0.25) is 11.8 Å². The van der Waals surface area contributed by atoms with E-state index in [4.69, 9.17) is 9.47 Å². The monoisotopic (exact) mass is 522 g/mol.